The summed E-state index contributed by atoms with van der Waals surface area (Å²) < 4.78 is 5.12. The van der Waals surface area contributed by atoms with Crippen LogP contribution < -0.4 is 5.32 Å². The van der Waals surface area contributed by atoms with Gasteiger partial charge in [-0.25, -0.2) is 4.79 Å². The summed E-state index contributed by atoms with van der Waals surface area (Å²) in [6.07, 6.45) is 0.781. The first kappa shape index (κ1) is 19.8. The van der Waals surface area contributed by atoms with Crippen LogP contribution in [0.25, 0.3) is 0 Å². The summed E-state index contributed by atoms with van der Waals surface area (Å²) in [6.45, 7) is 5.77. The van der Waals surface area contributed by atoms with Gasteiger partial charge in [0.15, 0.2) is 0 Å². The summed E-state index contributed by atoms with van der Waals surface area (Å²) >= 11 is 0. The number of ether oxygens (including phenoxy) is 1. The molecule has 0 aliphatic carbocycles. The Morgan fingerprint density at radius 1 is 1.15 bits per heavy atom. The van der Waals surface area contributed by atoms with E-state index in [4.69, 9.17) is 4.74 Å². The molecule has 2 aromatic carbocycles. The van der Waals surface area contributed by atoms with Crippen molar-refractivity contribution in [2.75, 3.05) is 20.3 Å². The number of aromatic hydroxyl groups is 1. The Labute approximate surface area is 155 Å². The van der Waals surface area contributed by atoms with Crippen LogP contribution in [0.15, 0.2) is 48.5 Å². The largest absolute Gasteiger partial charge is 0.508 e. The molecule has 140 valence electrons. The van der Waals surface area contributed by atoms with Gasteiger partial charge in [-0.3, -0.25) is 0 Å². The lowest BCUT2D eigenvalue weighted by molar-refractivity contribution is 0.164. The van der Waals surface area contributed by atoms with Crippen molar-refractivity contribution >= 4 is 6.03 Å². The summed E-state index contributed by atoms with van der Waals surface area (Å²) in [5.41, 5.74) is 3.24. The highest BCUT2D eigenvalue weighted by Crippen LogP contribution is 2.17. The van der Waals surface area contributed by atoms with Gasteiger partial charge in [0.25, 0.3) is 0 Å². The van der Waals surface area contributed by atoms with E-state index in [1.54, 1.807) is 24.1 Å². The van der Waals surface area contributed by atoms with Gasteiger partial charge in [-0.05, 0) is 43.5 Å². The number of nitrogens with zero attached hydrogens (tertiary/aromatic N) is 1. The van der Waals surface area contributed by atoms with Crippen LogP contribution in [0.2, 0.25) is 0 Å². The van der Waals surface area contributed by atoms with E-state index in [0.717, 1.165) is 17.5 Å². The van der Waals surface area contributed by atoms with E-state index in [2.05, 4.69) is 29.6 Å². The van der Waals surface area contributed by atoms with Crippen LogP contribution in [-0.2, 0) is 11.3 Å². The first-order valence-electron chi connectivity index (χ1n) is 8.88. The molecule has 0 aliphatic heterocycles. The quantitative estimate of drug-likeness (QED) is 0.703. The maximum atomic E-state index is 12.8. The molecule has 0 saturated carbocycles. The third-order valence-electron chi connectivity index (χ3n) is 4.29. The molecule has 0 heterocycles. The van der Waals surface area contributed by atoms with Gasteiger partial charge >= 0.3 is 6.03 Å². The molecule has 5 nitrogen and oxygen atoms in total. The summed E-state index contributed by atoms with van der Waals surface area (Å²) in [6, 6.07) is 14.8. The molecule has 5 heteroatoms. The fourth-order valence-corrected chi connectivity index (χ4v) is 2.69. The van der Waals surface area contributed by atoms with Crippen molar-refractivity contribution in [1.29, 1.82) is 0 Å². The van der Waals surface area contributed by atoms with Gasteiger partial charge in [-0.2, -0.15) is 0 Å². The molecule has 2 rings (SSSR count). The summed E-state index contributed by atoms with van der Waals surface area (Å²) in [5, 5.41) is 12.4. The van der Waals surface area contributed by atoms with Crippen LogP contribution in [0.1, 0.15) is 36.1 Å². The van der Waals surface area contributed by atoms with Gasteiger partial charge in [0.2, 0.25) is 0 Å². The predicted octanol–water partition coefficient (Wildman–Crippen LogP) is 4.01. The minimum absolute atomic E-state index is 0.109. The molecule has 0 aromatic heterocycles. The van der Waals surface area contributed by atoms with Crippen LogP contribution in [0.5, 0.6) is 5.75 Å². The topological polar surface area (TPSA) is 61.8 Å². The third-order valence-corrected chi connectivity index (χ3v) is 4.29. The van der Waals surface area contributed by atoms with Crippen molar-refractivity contribution in [2.24, 2.45) is 0 Å². The third kappa shape index (κ3) is 6.08. The fraction of sp³-hybridized carbons (Fsp3) is 0.381. The molecule has 0 radical (unpaired) electrons. The first-order valence-corrected chi connectivity index (χ1v) is 8.88. The van der Waals surface area contributed by atoms with Crippen molar-refractivity contribution in [3.05, 3.63) is 65.2 Å². The zero-order valence-electron chi connectivity index (χ0n) is 15.7. The molecule has 2 aromatic rings. The number of carbonyl (C=O) groups is 1. The van der Waals surface area contributed by atoms with Crippen molar-refractivity contribution < 1.29 is 14.6 Å². The Morgan fingerprint density at radius 2 is 1.81 bits per heavy atom. The molecule has 2 N–H and O–H groups in total. The Morgan fingerprint density at radius 3 is 2.42 bits per heavy atom. The van der Waals surface area contributed by atoms with Crippen molar-refractivity contribution in [3.8, 4) is 5.75 Å². The first-order chi connectivity index (χ1) is 12.5. The minimum atomic E-state index is -0.147. The van der Waals surface area contributed by atoms with Gasteiger partial charge in [-0.15, -0.1) is 0 Å². The maximum absolute atomic E-state index is 12.8. The lowest BCUT2D eigenvalue weighted by Gasteiger charge is -2.25. The van der Waals surface area contributed by atoms with E-state index < -0.39 is 0 Å². The number of phenolic OH excluding ortho intramolecular Hbond substituents is 1. The lowest BCUT2D eigenvalue weighted by atomic mass is 10.1. The molecular formula is C21H28N2O3. The molecular weight excluding hydrogens is 328 g/mol. The Hall–Kier alpha value is -2.53. The zero-order chi connectivity index (χ0) is 18.9. The number of nitrogens with one attached hydrogen (secondary N) is 1. The number of hydrogen-bond donors (Lipinski definition) is 2. The van der Waals surface area contributed by atoms with E-state index in [1.807, 2.05) is 26.0 Å². The number of aryl methyl sites for hydroxylation is 1. The number of phenols is 1. The molecule has 2 amide bonds. The Bertz CT molecular complexity index is 683. The molecule has 0 bridgehead atoms. The number of hydrogen-bond acceptors (Lipinski definition) is 3. The fourth-order valence-electron chi connectivity index (χ4n) is 2.69. The van der Waals surface area contributed by atoms with E-state index in [1.165, 1.54) is 5.56 Å². The average Bonchev–Trinajstić information content (AvgIpc) is 2.63. The number of urea groups is 1. The van der Waals surface area contributed by atoms with Crippen LogP contribution in [0, 0.1) is 6.92 Å². The normalized spacial score (nSPS) is 11.8. The predicted molar refractivity (Wildman–Crippen MR) is 103 cm³/mol. The molecule has 0 saturated heterocycles. The van der Waals surface area contributed by atoms with E-state index >= 15 is 0 Å². The van der Waals surface area contributed by atoms with Gasteiger partial charge in [0, 0.05) is 26.8 Å². The summed E-state index contributed by atoms with van der Waals surface area (Å²) in [5.74, 6) is 0.216. The summed E-state index contributed by atoms with van der Waals surface area (Å²) in [7, 11) is 1.66. The van der Waals surface area contributed by atoms with Gasteiger partial charge in [0.1, 0.15) is 5.75 Å². The highest BCUT2D eigenvalue weighted by molar-refractivity contribution is 5.74. The zero-order valence-corrected chi connectivity index (χ0v) is 15.7. The molecule has 0 fully saturated rings. The second-order valence-electron chi connectivity index (χ2n) is 6.52. The van der Waals surface area contributed by atoms with Crippen molar-refractivity contribution in [3.63, 3.8) is 0 Å². The number of carbonyl (C=O) groups excluding carboxylic acids is 1. The Balaban J connectivity index is 2.03. The summed E-state index contributed by atoms with van der Waals surface area (Å²) in [4.78, 5) is 14.6. The molecule has 0 aliphatic rings. The molecule has 0 spiro atoms. The van der Waals surface area contributed by atoms with E-state index in [0.29, 0.717) is 19.7 Å². The SMILES string of the molecule is COCCCN(Cc1ccc(C)cc1)C(=O)N[C@H](C)c1ccc(O)cc1. The molecule has 0 unspecified atom stereocenters. The number of amides is 2. The molecule has 26 heavy (non-hydrogen) atoms. The lowest BCUT2D eigenvalue weighted by Crippen LogP contribution is -2.41. The number of benzene rings is 2. The molecule has 1 atom stereocenters. The van der Waals surface area contributed by atoms with Gasteiger partial charge < -0.3 is 20.1 Å². The number of rotatable bonds is 8. The van der Waals surface area contributed by atoms with Crippen molar-refractivity contribution in [2.45, 2.75) is 32.9 Å². The van der Waals surface area contributed by atoms with Gasteiger partial charge in [-0.1, -0.05) is 42.0 Å². The van der Waals surface area contributed by atoms with Crippen LogP contribution >= 0.6 is 0 Å². The smallest absolute Gasteiger partial charge is 0.318 e. The van der Waals surface area contributed by atoms with Crippen LogP contribution in [0.4, 0.5) is 4.79 Å². The van der Waals surface area contributed by atoms with Crippen molar-refractivity contribution in [1.82, 2.24) is 10.2 Å². The van der Waals surface area contributed by atoms with E-state index in [9.17, 15) is 9.90 Å². The second-order valence-corrected chi connectivity index (χ2v) is 6.52. The highest BCUT2D eigenvalue weighted by Gasteiger charge is 2.17. The standard InChI is InChI=1S/C21H28N2O3/c1-16-5-7-18(8-6-16)15-23(13-4-14-26-3)21(25)22-17(2)19-9-11-20(24)12-10-19/h5-12,17,24H,4,13-15H2,1-3H3,(H,22,25)/t17-/m1/s1. The van der Waals surface area contributed by atoms with Crippen LogP contribution in [0.3, 0.4) is 0 Å². The second kappa shape index (κ2) is 9.82. The van der Waals surface area contributed by atoms with Crippen LogP contribution in [-0.4, -0.2) is 36.3 Å². The average molecular weight is 356 g/mol. The number of methoxy groups -OCH3 is 1. The highest BCUT2D eigenvalue weighted by atomic mass is 16.5. The van der Waals surface area contributed by atoms with E-state index in [-0.39, 0.29) is 17.8 Å². The maximum Gasteiger partial charge on any atom is 0.318 e. The monoisotopic (exact) mass is 356 g/mol. The Kier molecular flexibility index (Phi) is 7.48. The minimum Gasteiger partial charge on any atom is -0.508 e. The van der Waals surface area contributed by atoms with Gasteiger partial charge in [0.05, 0.1) is 6.04 Å².